The van der Waals surface area contributed by atoms with Gasteiger partial charge in [-0.25, -0.2) is 4.79 Å². The van der Waals surface area contributed by atoms with Gasteiger partial charge in [-0.05, 0) is 47.4 Å². The van der Waals surface area contributed by atoms with Crippen molar-refractivity contribution in [2.45, 2.75) is 44.1 Å². The molecule has 32 heavy (non-hydrogen) atoms. The maximum absolute atomic E-state index is 12.4. The Bertz CT molecular complexity index is 960. The summed E-state index contributed by atoms with van der Waals surface area (Å²) in [6, 6.07) is 16.4. The number of nitrogens with one attached hydrogen (secondary N) is 2. The molecule has 0 saturated heterocycles. The Labute approximate surface area is 187 Å². The van der Waals surface area contributed by atoms with Gasteiger partial charge in [-0.15, -0.1) is 0 Å². The number of carbonyl (C=O) groups excluding carboxylic acids is 2. The highest BCUT2D eigenvalue weighted by Crippen LogP contribution is 2.44. The minimum absolute atomic E-state index is 0.0116. The molecule has 0 heterocycles. The molecule has 0 unspecified atom stereocenters. The number of benzene rings is 2. The summed E-state index contributed by atoms with van der Waals surface area (Å²) in [5.41, 5.74) is 4.74. The Kier molecular flexibility index (Phi) is 6.73. The van der Waals surface area contributed by atoms with E-state index >= 15 is 0 Å². The van der Waals surface area contributed by atoms with E-state index in [1.54, 1.807) is 0 Å². The van der Waals surface area contributed by atoms with Crippen LogP contribution in [0.5, 0.6) is 0 Å². The highest BCUT2D eigenvalue weighted by atomic mass is 16.5. The monoisotopic (exact) mass is 436 g/mol. The molecule has 0 spiro atoms. The van der Waals surface area contributed by atoms with Gasteiger partial charge < -0.3 is 20.5 Å². The molecule has 168 valence electrons. The second-order valence-corrected chi connectivity index (χ2v) is 8.54. The van der Waals surface area contributed by atoms with Crippen molar-refractivity contribution < 1.29 is 24.2 Å². The lowest BCUT2D eigenvalue weighted by Gasteiger charge is -2.17. The molecule has 7 nitrogen and oxygen atoms in total. The second-order valence-electron chi connectivity index (χ2n) is 8.54. The first-order valence-corrected chi connectivity index (χ1v) is 11.1. The smallest absolute Gasteiger partial charge is 0.407 e. The molecule has 2 atom stereocenters. The first-order valence-electron chi connectivity index (χ1n) is 11.1. The number of carboxylic acids is 1. The number of carbonyl (C=O) groups is 3. The Hall–Kier alpha value is -3.35. The van der Waals surface area contributed by atoms with Crippen LogP contribution in [-0.4, -0.2) is 42.3 Å². The zero-order valence-electron chi connectivity index (χ0n) is 17.9. The molecule has 2 aromatic carbocycles. The number of alkyl carbamates (subject to hydrolysis) is 1. The zero-order chi connectivity index (χ0) is 22.5. The Morgan fingerprint density at radius 1 is 0.969 bits per heavy atom. The number of rotatable bonds is 8. The summed E-state index contributed by atoms with van der Waals surface area (Å²) < 4.78 is 5.61. The largest absolute Gasteiger partial charge is 0.481 e. The predicted molar refractivity (Wildman–Crippen MR) is 119 cm³/mol. The first kappa shape index (κ1) is 21.9. The normalized spacial score (nSPS) is 19.1. The molecule has 2 aromatic rings. The van der Waals surface area contributed by atoms with Crippen LogP contribution in [0, 0.1) is 5.92 Å². The van der Waals surface area contributed by atoms with E-state index in [-0.39, 0.29) is 43.4 Å². The summed E-state index contributed by atoms with van der Waals surface area (Å²) in [6.07, 6.45) is 2.21. The molecule has 2 amide bonds. The lowest BCUT2D eigenvalue weighted by molar-refractivity contribution is -0.136. The van der Waals surface area contributed by atoms with Crippen molar-refractivity contribution >= 4 is 18.0 Å². The van der Waals surface area contributed by atoms with Crippen LogP contribution < -0.4 is 10.6 Å². The van der Waals surface area contributed by atoms with Gasteiger partial charge in [-0.1, -0.05) is 48.5 Å². The SMILES string of the molecule is O=C(O)CCNC(=O)C[C@@H]1CC[C@H](NC(=O)OCC2c3ccccc3-c3ccccc32)C1. The van der Waals surface area contributed by atoms with E-state index < -0.39 is 12.1 Å². The van der Waals surface area contributed by atoms with E-state index in [9.17, 15) is 14.4 Å². The van der Waals surface area contributed by atoms with Crippen molar-refractivity contribution in [1.82, 2.24) is 10.6 Å². The van der Waals surface area contributed by atoms with Crippen molar-refractivity contribution in [1.29, 1.82) is 0 Å². The highest BCUT2D eigenvalue weighted by Gasteiger charge is 2.31. The Morgan fingerprint density at radius 3 is 2.28 bits per heavy atom. The van der Waals surface area contributed by atoms with Crippen LogP contribution in [0.2, 0.25) is 0 Å². The van der Waals surface area contributed by atoms with E-state index in [1.165, 1.54) is 22.3 Å². The third kappa shape index (κ3) is 5.10. The van der Waals surface area contributed by atoms with Crippen molar-refractivity contribution in [2.24, 2.45) is 5.92 Å². The minimum atomic E-state index is -0.932. The average Bonchev–Trinajstić information content (AvgIpc) is 3.34. The lowest BCUT2D eigenvalue weighted by Crippen LogP contribution is -2.34. The van der Waals surface area contributed by atoms with Gasteiger partial charge >= 0.3 is 12.1 Å². The van der Waals surface area contributed by atoms with Crippen LogP contribution >= 0.6 is 0 Å². The summed E-state index contributed by atoms with van der Waals surface area (Å²) in [7, 11) is 0. The number of amides is 2. The number of hydrogen-bond donors (Lipinski definition) is 3. The third-order valence-electron chi connectivity index (χ3n) is 6.34. The molecule has 0 aliphatic heterocycles. The molecule has 2 aliphatic rings. The molecule has 0 aromatic heterocycles. The molecule has 1 fully saturated rings. The molecule has 2 aliphatic carbocycles. The fourth-order valence-corrected chi connectivity index (χ4v) is 4.84. The van der Waals surface area contributed by atoms with Gasteiger partial charge in [-0.3, -0.25) is 9.59 Å². The first-order chi connectivity index (χ1) is 15.5. The number of hydrogen-bond acceptors (Lipinski definition) is 4. The van der Waals surface area contributed by atoms with Gasteiger partial charge in [0.05, 0.1) is 6.42 Å². The van der Waals surface area contributed by atoms with Gasteiger partial charge in [0, 0.05) is 24.9 Å². The lowest BCUT2D eigenvalue weighted by atomic mass is 9.98. The van der Waals surface area contributed by atoms with Crippen LogP contribution in [-0.2, 0) is 14.3 Å². The molecular weight excluding hydrogens is 408 g/mol. The third-order valence-corrected chi connectivity index (χ3v) is 6.34. The fourth-order valence-electron chi connectivity index (χ4n) is 4.84. The van der Waals surface area contributed by atoms with Gasteiger partial charge in [0.15, 0.2) is 0 Å². The van der Waals surface area contributed by atoms with Crippen molar-refractivity contribution in [2.75, 3.05) is 13.2 Å². The van der Waals surface area contributed by atoms with E-state index in [4.69, 9.17) is 9.84 Å². The molecule has 4 rings (SSSR count). The van der Waals surface area contributed by atoms with E-state index in [0.29, 0.717) is 6.42 Å². The number of fused-ring (bicyclic) bond motifs is 3. The summed E-state index contributed by atoms with van der Waals surface area (Å²) in [5, 5.41) is 14.2. The Morgan fingerprint density at radius 2 is 1.62 bits per heavy atom. The fraction of sp³-hybridized carbons (Fsp3) is 0.400. The molecule has 7 heteroatoms. The van der Waals surface area contributed by atoms with Crippen molar-refractivity contribution in [3.05, 3.63) is 59.7 Å². The Balaban J connectivity index is 1.24. The molecule has 3 N–H and O–H groups in total. The summed E-state index contributed by atoms with van der Waals surface area (Å²) in [6.45, 7) is 0.421. The molecular formula is C25H28N2O5. The van der Waals surface area contributed by atoms with Gasteiger partial charge in [0.1, 0.15) is 6.61 Å². The summed E-state index contributed by atoms with van der Waals surface area (Å²) in [5.74, 6) is -0.866. The van der Waals surface area contributed by atoms with Crippen LogP contribution in [0.4, 0.5) is 4.79 Å². The molecule has 1 saturated carbocycles. The summed E-state index contributed by atoms with van der Waals surface area (Å²) in [4.78, 5) is 34.9. The van der Waals surface area contributed by atoms with Gasteiger partial charge in [0.25, 0.3) is 0 Å². The maximum atomic E-state index is 12.4. The average molecular weight is 437 g/mol. The molecule has 0 bridgehead atoms. The minimum Gasteiger partial charge on any atom is -0.481 e. The molecule has 0 radical (unpaired) electrons. The van der Waals surface area contributed by atoms with Crippen LogP contribution in [0.3, 0.4) is 0 Å². The number of ether oxygens (including phenoxy) is 1. The van der Waals surface area contributed by atoms with Gasteiger partial charge in [0.2, 0.25) is 5.91 Å². The number of carboxylic acid groups (broad SMARTS) is 1. The highest BCUT2D eigenvalue weighted by molar-refractivity contribution is 5.79. The summed E-state index contributed by atoms with van der Waals surface area (Å²) >= 11 is 0. The maximum Gasteiger partial charge on any atom is 0.407 e. The topological polar surface area (TPSA) is 105 Å². The van der Waals surface area contributed by atoms with Crippen LogP contribution in [0.1, 0.15) is 49.1 Å². The zero-order valence-corrected chi connectivity index (χ0v) is 17.9. The number of aliphatic carboxylic acids is 1. The predicted octanol–water partition coefficient (Wildman–Crippen LogP) is 3.67. The second kappa shape index (κ2) is 9.85. The van der Waals surface area contributed by atoms with E-state index in [0.717, 1.165) is 19.3 Å². The van der Waals surface area contributed by atoms with Crippen molar-refractivity contribution in [3.63, 3.8) is 0 Å². The van der Waals surface area contributed by atoms with E-state index in [1.807, 2.05) is 24.3 Å². The van der Waals surface area contributed by atoms with Crippen molar-refractivity contribution in [3.8, 4) is 11.1 Å². The van der Waals surface area contributed by atoms with Crippen LogP contribution in [0.25, 0.3) is 11.1 Å². The van der Waals surface area contributed by atoms with Crippen LogP contribution in [0.15, 0.2) is 48.5 Å². The standard InChI is InChI=1S/C25H28N2O5/c28-23(26-12-11-24(29)30)14-16-9-10-17(13-16)27-25(31)32-15-22-20-7-3-1-5-18(20)19-6-2-4-8-21(19)22/h1-8,16-17,22H,9-15H2,(H,26,28)(H,27,31)(H,29,30)/t16-,17+/m1/s1. The van der Waals surface area contributed by atoms with E-state index in [2.05, 4.69) is 34.9 Å². The van der Waals surface area contributed by atoms with Gasteiger partial charge in [-0.2, -0.15) is 0 Å². The quantitative estimate of drug-likeness (QED) is 0.586.